The summed E-state index contributed by atoms with van der Waals surface area (Å²) in [6.45, 7) is 6.10. The lowest BCUT2D eigenvalue weighted by Crippen LogP contribution is -2.32. The molecule has 2 N–H and O–H groups in total. The molecule has 1 amide bonds. The summed E-state index contributed by atoms with van der Waals surface area (Å²) in [6.07, 6.45) is 0.152. The van der Waals surface area contributed by atoms with E-state index in [1.165, 1.54) is 0 Å². The standard InChI is InChI=1S/C12H18BrNO3/c1-7(2)4-9(15)6-14-12(16)11-8(3)5-10(13)17-11/h5,7,9,15H,4,6H2,1-3H3,(H,14,16). The molecular formula is C12H18BrNO3. The Balaban J connectivity index is 2.47. The molecule has 0 saturated heterocycles. The van der Waals surface area contributed by atoms with Gasteiger partial charge in [0.25, 0.3) is 5.91 Å². The molecule has 5 heteroatoms. The second-order valence-corrected chi connectivity index (χ2v) is 5.34. The lowest BCUT2D eigenvalue weighted by atomic mass is 10.1. The van der Waals surface area contributed by atoms with Crippen molar-refractivity contribution < 1.29 is 14.3 Å². The van der Waals surface area contributed by atoms with E-state index in [9.17, 15) is 9.90 Å². The van der Waals surface area contributed by atoms with Crippen molar-refractivity contribution in [2.75, 3.05) is 6.54 Å². The minimum absolute atomic E-state index is 0.245. The van der Waals surface area contributed by atoms with E-state index in [2.05, 4.69) is 21.2 Å². The number of aliphatic hydroxyl groups excluding tert-OH is 1. The lowest BCUT2D eigenvalue weighted by molar-refractivity contribution is 0.0871. The van der Waals surface area contributed by atoms with Crippen molar-refractivity contribution in [1.82, 2.24) is 5.32 Å². The summed E-state index contributed by atoms with van der Waals surface area (Å²) in [5.41, 5.74) is 0.771. The van der Waals surface area contributed by atoms with E-state index >= 15 is 0 Å². The van der Waals surface area contributed by atoms with Gasteiger partial charge < -0.3 is 14.8 Å². The maximum Gasteiger partial charge on any atom is 0.287 e. The van der Waals surface area contributed by atoms with E-state index in [0.717, 1.165) is 5.56 Å². The second-order valence-electron chi connectivity index (χ2n) is 4.56. The predicted octanol–water partition coefficient (Wildman–Crippen LogP) is 2.49. The van der Waals surface area contributed by atoms with Crippen LogP contribution in [0.2, 0.25) is 0 Å². The number of hydrogen-bond donors (Lipinski definition) is 2. The average molecular weight is 304 g/mol. The van der Waals surface area contributed by atoms with E-state index in [4.69, 9.17) is 4.42 Å². The fraction of sp³-hybridized carbons (Fsp3) is 0.583. The Morgan fingerprint density at radius 3 is 2.71 bits per heavy atom. The summed E-state index contributed by atoms with van der Waals surface area (Å²) < 4.78 is 5.74. The molecule has 0 spiro atoms. The molecule has 1 rings (SSSR count). The number of halogens is 1. The van der Waals surface area contributed by atoms with Gasteiger partial charge in [0.1, 0.15) is 0 Å². The van der Waals surface area contributed by atoms with Crippen LogP contribution in [-0.2, 0) is 0 Å². The third-order valence-corrected chi connectivity index (χ3v) is 2.73. The zero-order chi connectivity index (χ0) is 13.0. The van der Waals surface area contributed by atoms with E-state index < -0.39 is 6.10 Å². The zero-order valence-electron chi connectivity index (χ0n) is 10.3. The van der Waals surface area contributed by atoms with Gasteiger partial charge in [-0.25, -0.2) is 0 Å². The summed E-state index contributed by atoms with van der Waals surface area (Å²) >= 11 is 3.17. The fourth-order valence-corrected chi connectivity index (χ4v) is 2.09. The third-order valence-electron chi connectivity index (χ3n) is 2.34. The van der Waals surface area contributed by atoms with Crippen LogP contribution in [0.5, 0.6) is 0 Å². The smallest absolute Gasteiger partial charge is 0.287 e. The van der Waals surface area contributed by atoms with Crippen LogP contribution in [0.1, 0.15) is 36.4 Å². The van der Waals surface area contributed by atoms with Gasteiger partial charge in [0.05, 0.1) is 6.10 Å². The highest BCUT2D eigenvalue weighted by Gasteiger charge is 2.16. The van der Waals surface area contributed by atoms with Crippen LogP contribution >= 0.6 is 15.9 Å². The van der Waals surface area contributed by atoms with Crippen LogP contribution in [0, 0.1) is 12.8 Å². The molecule has 0 aliphatic carbocycles. The first-order valence-corrected chi connectivity index (χ1v) is 6.41. The Kier molecular flexibility index (Phi) is 5.21. The topological polar surface area (TPSA) is 62.5 Å². The molecule has 0 radical (unpaired) electrons. The van der Waals surface area contributed by atoms with E-state index in [0.29, 0.717) is 17.0 Å². The van der Waals surface area contributed by atoms with Crippen LogP contribution in [0.25, 0.3) is 0 Å². The van der Waals surface area contributed by atoms with Crippen LogP contribution in [0.4, 0.5) is 0 Å². The van der Waals surface area contributed by atoms with Gasteiger partial charge in [-0.15, -0.1) is 0 Å². The van der Waals surface area contributed by atoms with Gasteiger partial charge in [0.15, 0.2) is 10.4 Å². The first-order chi connectivity index (χ1) is 7.90. The van der Waals surface area contributed by atoms with Crippen molar-refractivity contribution in [3.8, 4) is 0 Å². The molecule has 0 fully saturated rings. The minimum Gasteiger partial charge on any atom is -0.444 e. The van der Waals surface area contributed by atoms with Crippen molar-refractivity contribution >= 4 is 21.8 Å². The first-order valence-electron chi connectivity index (χ1n) is 5.62. The van der Waals surface area contributed by atoms with E-state index in [1.54, 1.807) is 13.0 Å². The largest absolute Gasteiger partial charge is 0.444 e. The molecule has 96 valence electrons. The highest BCUT2D eigenvalue weighted by molar-refractivity contribution is 9.10. The average Bonchev–Trinajstić information content (AvgIpc) is 2.53. The van der Waals surface area contributed by atoms with Gasteiger partial charge in [0.2, 0.25) is 0 Å². The molecule has 0 aliphatic rings. The van der Waals surface area contributed by atoms with Gasteiger partial charge in [-0.1, -0.05) is 13.8 Å². The Morgan fingerprint density at radius 2 is 2.24 bits per heavy atom. The molecule has 0 aromatic carbocycles. The van der Waals surface area contributed by atoms with Crippen LogP contribution in [0.15, 0.2) is 15.2 Å². The molecule has 4 nitrogen and oxygen atoms in total. The number of carbonyl (C=O) groups excluding carboxylic acids is 1. The monoisotopic (exact) mass is 303 g/mol. The molecule has 1 aromatic rings. The van der Waals surface area contributed by atoms with Crippen LogP contribution in [-0.4, -0.2) is 23.7 Å². The number of aliphatic hydroxyl groups is 1. The second kappa shape index (κ2) is 6.21. The highest BCUT2D eigenvalue weighted by Crippen LogP contribution is 2.19. The number of rotatable bonds is 5. The van der Waals surface area contributed by atoms with Gasteiger partial charge in [-0.05, 0) is 41.3 Å². The zero-order valence-corrected chi connectivity index (χ0v) is 11.9. The molecular weight excluding hydrogens is 286 g/mol. The van der Waals surface area contributed by atoms with Crippen LogP contribution < -0.4 is 5.32 Å². The van der Waals surface area contributed by atoms with Crippen molar-refractivity contribution in [3.05, 3.63) is 22.1 Å². The number of nitrogens with one attached hydrogen (secondary N) is 1. The molecule has 1 atom stereocenters. The van der Waals surface area contributed by atoms with Gasteiger partial charge in [0, 0.05) is 12.1 Å². The molecule has 0 saturated carbocycles. The summed E-state index contributed by atoms with van der Waals surface area (Å²) in [4.78, 5) is 11.7. The molecule has 1 aromatic heterocycles. The molecule has 17 heavy (non-hydrogen) atoms. The van der Waals surface area contributed by atoms with Crippen molar-refractivity contribution in [1.29, 1.82) is 0 Å². The maximum atomic E-state index is 11.7. The van der Waals surface area contributed by atoms with Crippen molar-refractivity contribution in [2.24, 2.45) is 5.92 Å². The molecule has 0 bridgehead atoms. The number of furan rings is 1. The number of carbonyl (C=O) groups is 1. The molecule has 1 unspecified atom stereocenters. The van der Waals surface area contributed by atoms with Gasteiger partial charge in [-0.3, -0.25) is 4.79 Å². The predicted molar refractivity (Wildman–Crippen MR) is 68.9 cm³/mol. The van der Waals surface area contributed by atoms with Crippen molar-refractivity contribution in [2.45, 2.75) is 33.3 Å². The van der Waals surface area contributed by atoms with Gasteiger partial charge in [-0.2, -0.15) is 0 Å². The van der Waals surface area contributed by atoms with Crippen molar-refractivity contribution in [3.63, 3.8) is 0 Å². The third kappa shape index (κ3) is 4.52. The molecule has 0 aliphatic heterocycles. The Morgan fingerprint density at radius 1 is 1.59 bits per heavy atom. The van der Waals surface area contributed by atoms with Gasteiger partial charge >= 0.3 is 0 Å². The Labute approximate surface area is 110 Å². The molecule has 1 heterocycles. The fourth-order valence-electron chi connectivity index (χ4n) is 1.59. The van der Waals surface area contributed by atoms with Crippen LogP contribution in [0.3, 0.4) is 0 Å². The minimum atomic E-state index is -0.516. The first kappa shape index (κ1) is 14.3. The summed E-state index contributed by atoms with van der Waals surface area (Å²) in [6, 6.07) is 1.74. The summed E-state index contributed by atoms with van der Waals surface area (Å²) in [5, 5.41) is 12.3. The maximum absolute atomic E-state index is 11.7. The number of hydrogen-bond acceptors (Lipinski definition) is 3. The Bertz CT molecular complexity index is 387. The SMILES string of the molecule is Cc1cc(Br)oc1C(=O)NCC(O)CC(C)C. The van der Waals surface area contributed by atoms with E-state index in [1.807, 2.05) is 13.8 Å². The highest BCUT2D eigenvalue weighted by atomic mass is 79.9. The lowest BCUT2D eigenvalue weighted by Gasteiger charge is -2.13. The summed E-state index contributed by atoms with van der Waals surface area (Å²) in [5.74, 6) is 0.394. The number of aryl methyl sites for hydroxylation is 1. The normalized spacial score (nSPS) is 12.8. The summed E-state index contributed by atoms with van der Waals surface area (Å²) in [7, 11) is 0. The number of amides is 1. The van der Waals surface area contributed by atoms with E-state index in [-0.39, 0.29) is 18.2 Å². The quantitative estimate of drug-likeness (QED) is 0.878. The Hall–Kier alpha value is -0.810.